The largest absolute Gasteiger partial charge is 0.321 e. The number of hydrogen-bond acceptors (Lipinski definition) is 7. The molecule has 0 saturated carbocycles. The number of thiophene rings is 1. The Kier molecular flexibility index (Phi) is 10.5. The second-order valence-corrected chi connectivity index (χ2v) is 13.2. The quantitative estimate of drug-likeness (QED) is 0.0932. The van der Waals surface area contributed by atoms with Gasteiger partial charge in [-0.2, -0.15) is 11.3 Å². The van der Waals surface area contributed by atoms with Gasteiger partial charge in [-0.3, -0.25) is 14.4 Å². The number of aromatic nitrogens is 1. The average molecular weight is 691 g/mol. The highest BCUT2D eigenvalue weighted by atomic mass is 32.2. The predicted octanol–water partition coefficient (Wildman–Crippen LogP) is 8.89. The summed E-state index contributed by atoms with van der Waals surface area (Å²) in [6.07, 6.45) is 1.63. The van der Waals surface area contributed by atoms with Crippen molar-refractivity contribution in [1.82, 2.24) is 10.3 Å². The minimum atomic E-state index is -0.644. The number of thiazole rings is 1. The molecule has 4 aromatic carbocycles. The van der Waals surface area contributed by atoms with Crippen molar-refractivity contribution in [2.24, 2.45) is 0 Å². The van der Waals surface area contributed by atoms with Gasteiger partial charge < -0.3 is 16.0 Å². The van der Waals surface area contributed by atoms with Gasteiger partial charge in [-0.05, 0) is 88.6 Å². The number of rotatable bonds is 11. The zero-order valence-corrected chi connectivity index (χ0v) is 27.6. The van der Waals surface area contributed by atoms with Crippen molar-refractivity contribution < 1.29 is 18.8 Å². The fourth-order valence-corrected chi connectivity index (χ4v) is 7.03. The molecule has 6 rings (SSSR count). The molecule has 0 aliphatic carbocycles. The van der Waals surface area contributed by atoms with Gasteiger partial charge in [-0.1, -0.05) is 54.6 Å². The lowest BCUT2D eigenvalue weighted by Gasteiger charge is -2.17. The van der Waals surface area contributed by atoms with E-state index in [1.165, 1.54) is 46.6 Å². The first kappa shape index (κ1) is 32.6. The Morgan fingerprint density at radius 1 is 0.812 bits per heavy atom. The molecule has 6 aromatic rings. The van der Waals surface area contributed by atoms with Gasteiger partial charge >= 0.3 is 0 Å². The van der Waals surface area contributed by atoms with Crippen LogP contribution in [-0.4, -0.2) is 22.7 Å². The molecule has 0 aliphatic heterocycles. The third-order valence-electron chi connectivity index (χ3n) is 6.94. The lowest BCUT2D eigenvalue weighted by atomic mass is 10.1. The van der Waals surface area contributed by atoms with Crippen LogP contribution in [0.15, 0.2) is 142 Å². The summed E-state index contributed by atoms with van der Waals surface area (Å²) in [5, 5.41) is 13.9. The number of thioether (sulfide) groups is 1. The minimum absolute atomic E-state index is 0.0882. The van der Waals surface area contributed by atoms with Crippen LogP contribution in [0.2, 0.25) is 0 Å². The number of halogens is 1. The molecule has 1 atom stereocenters. The van der Waals surface area contributed by atoms with Crippen LogP contribution in [0, 0.1) is 5.82 Å². The van der Waals surface area contributed by atoms with Gasteiger partial charge in [0, 0.05) is 27.1 Å². The van der Waals surface area contributed by atoms with Crippen LogP contribution in [0.3, 0.4) is 0 Å². The molecule has 7 nitrogen and oxygen atoms in total. The van der Waals surface area contributed by atoms with E-state index in [-0.39, 0.29) is 17.4 Å². The maximum Gasteiger partial charge on any atom is 0.272 e. The molecular weight excluding hydrogens is 664 g/mol. The molecule has 1 unspecified atom stereocenters. The van der Waals surface area contributed by atoms with E-state index >= 15 is 0 Å². The average Bonchev–Trinajstić information content (AvgIpc) is 3.81. The van der Waals surface area contributed by atoms with Gasteiger partial charge in [0.15, 0.2) is 5.13 Å². The molecule has 0 radical (unpaired) electrons. The van der Waals surface area contributed by atoms with Crippen molar-refractivity contribution >= 4 is 69.1 Å². The Hall–Kier alpha value is -5.36. The highest BCUT2D eigenvalue weighted by Gasteiger charge is 2.24. The Morgan fingerprint density at radius 3 is 2.29 bits per heavy atom. The summed E-state index contributed by atoms with van der Waals surface area (Å²) in [6.45, 7) is 0. The van der Waals surface area contributed by atoms with Crippen molar-refractivity contribution in [3.8, 4) is 11.3 Å². The molecule has 3 amide bonds. The molecule has 0 fully saturated rings. The van der Waals surface area contributed by atoms with Gasteiger partial charge in [0.2, 0.25) is 5.91 Å². The predicted molar refractivity (Wildman–Crippen MR) is 192 cm³/mol. The number of carbonyl (C=O) groups is 3. The van der Waals surface area contributed by atoms with E-state index in [9.17, 15) is 18.8 Å². The van der Waals surface area contributed by atoms with Crippen LogP contribution in [0.1, 0.15) is 26.7 Å². The number of carbonyl (C=O) groups excluding carboxylic acids is 3. The Morgan fingerprint density at radius 2 is 1.56 bits per heavy atom. The van der Waals surface area contributed by atoms with E-state index < -0.39 is 17.1 Å². The van der Waals surface area contributed by atoms with Crippen LogP contribution < -0.4 is 16.0 Å². The summed E-state index contributed by atoms with van der Waals surface area (Å²) < 4.78 is 13.4. The SMILES string of the molecule is O=C(Nc1cccc(SC(C(=O)Nc2nc(-c3ccc(F)cc3)cs2)c2ccccc2)c1)/C(=C/c1ccsc1)NC(=O)c1ccccc1. The molecular formula is C37H27FN4O3S3. The zero-order chi connectivity index (χ0) is 33.3. The second-order valence-electron chi connectivity index (χ2n) is 10.4. The number of nitrogens with zero attached hydrogens (tertiary/aromatic N) is 1. The monoisotopic (exact) mass is 690 g/mol. The van der Waals surface area contributed by atoms with E-state index in [1.54, 1.807) is 60.7 Å². The van der Waals surface area contributed by atoms with E-state index in [0.717, 1.165) is 21.6 Å². The smallest absolute Gasteiger partial charge is 0.272 e. The molecule has 48 heavy (non-hydrogen) atoms. The summed E-state index contributed by atoms with van der Waals surface area (Å²) in [5.41, 5.74) is 3.95. The van der Waals surface area contributed by atoms with Gasteiger partial charge in [0.25, 0.3) is 11.8 Å². The number of anilines is 2. The van der Waals surface area contributed by atoms with Crippen molar-refractivity contribution in [3.05, 3.63) is 160 Å². The van der Waals surface area contributed by atoms with Gasteiger partial charge in [-0.25, -0.2) is 9.37 Å². The number of amides is 3. The van der Waals surface area contributed by atoms with Crippen molar-refractivity contribution in [2.75, 3.05) is 10.6 Å². The molecule has 2 heterocycles. The molecule has 0 saturated heterocycles. The topological polar surface area (TPSA) is 100 Å². The summed E-state index contributed by atoms with van der Waals surface area (Å²) in [5.74, 6) is -1.51. The molecule has 11 heteroatoms. The van der Waals surface area contributed by atoms with Crippen LogP contribution >= 0.6 is 34.4 Å². The number of benzene rings is 4. The fraction of sp³-hybridized carbons (Fsp3) is 0.0270. The third kappa shape index (κ3) is 8.51. The molecule has 0 spiro atoms. The maximum absolute atomic E-state index is 13.7. The fourth-order valence-electron chi connectivity index (χ4n) is 4.60. The molecule has 2 aromatic heterocycles. The maximum atomic E-state index is 13.7. The molecule has 238 valence electrons. The van der Waals surface area contributed by atoms with Crippen molar-refractivity contribution in [3.63, 3.8) is 0 Å². The highest BCUT2D eigenvalue weighted by Crippen LogP contribution is 2.38. The molecule has 0 bridgehead atoms. The van der Waals surface area contributed by atoms with E-state index in [2.05, 4.69) is 20.9 Å². The van der Waals surface area contributed by atoms with Crippen molar-refractivity contribution in [1.29, 1.82) is 0 Å². The van der Waals surface area contributed by atoms with Crippen molar-refractivity contribution in [2.45, 2.75) is 10.1 Å². The Bertz CT molecular complexity index is 2050. The zero-order valence-electron chi connectivity index (χ0n) is 25.1. The first-order chi connectivity index (χ1) is 23.4. The second kappa shape index (κ2) is 15.5. The third-order valence-corrected chi connectivity index (χ3v) is 9.65. The summed E-state index contributed by atoms with van der Waals surface area (Å²) in [6, 6.07) is 33.1. The summed E-state index contributed by atoms with van der Waals surface area (Å²) in [4.78, 5) is 45.4. The lowest BCUT2D eigenvalue weighted by Crippen LogP contribution is -2.30. The van der Waals surface area contributed by atoms with E-state index in [4.69, 9.17) is 0 Å². The van der Waals surface area contributed by atoms with Gasteiger partial charge in [0.05, 0.1) is 5.69 Å². The van der Waals surface area contributed by atoms with Gasteiger partial charge in [0.1, 0.15) is 16.8 Å². The normalized spacial score (nSPS) is 11.8. The first-order valence-corrected chi connectivity index (χ1v) is 17.4. The highest BCUT2D eigenvalue weighted by molar-refractivity contribution is 8.00. The van der Waals surface area contributed by atoms with Crippen LogP contribution in [0.5, 0.6) is 0 Å². The van der Waals surface area contributed by atoms with Crippen LogP contribution in [0.25, 0.3) is 17.3 Å². The van der Waals surface area contributed by atoms with E-state index in [0.29, 0.717) is 22.1 Å². The number of hydrogen-bond donors (Lipinski definition) is 3. The summed E-state index contributed by atoms with van der Waals surface area (Å²) in [7, 11) is 0. The van der Waals surface area contributed by atoms with Crippen LogP contribution in [-0.2, 0) is 9.59 Å². The minimum Gasteiger partial charge on any atom is -0.321 e. The molecule has 3 N–H and O–H groups in total. The number of nitrogens with one attached hydrogen (secondary N) is 3. The standard InChI is InChI=1S/C37H27FN4O3S3/c38-28-16-14-25(15-17-28)32-23-47-37(41-32)42-36(45)33(26-8-3-1-4-9-26)48-30-13-7-12-29(21-30)39-35(44)31(20-24-18-19-46-22-24)40-34(43)27-10-5-2-6-11-27/h1-23,33H,(H,39,44)(H,40,43)(H,41,42,45)/b31-20-. The summed E-state index contributed by atoms with van der Waals surface area (Å²) >= 11 is 4.09. The van der Waals surface area contributed by atoms with Crippen LogP contribution in [0.4, 0.5) is 15.2 Å². The van der Waals surface area contributed by atoms with E-state index in [1.807, 2.05) is 64.7 Å². The Labute approximate surface area is 288 Å². The molecule has 0 aliphatic rings. The first-order valence-electron chi connectivity index (χ1n) is 14.7. The lowest BCUT2D eigenvalue weighted by molar-refractivity contribution is -0.116. The van der Waals surface area contributed by atoms with Gasteiger partial charge in [-0.15, -0.1) is 23.1 Å². The Balaban J connectivity index is 1.19.